The maximum Gasteiger partial charge on any atom is 0.231 e. The van der Waals surface area contributed by atoms with Crippen molar-refractivity contribution in [2.24, 2.45) is 16.7 Å². The first-order valence-corrected chi connectivity index (χ1v) is 6.84. The molecule has 1 aromatic carbocycles. The Balaban J connectivity index is 2.27. The summed E-state index contributed by atoms with van der Waals surface area (Å²) in [6.07, 6.45) is 0. The Morgan fingerprint density at radius 3 is 2.26 bits per heavy atom. The molecule has 0 heterocycles. The number of carbonyl (C=O) groups excluding carboxylic acids is 1. The highest BCUT2D eigenvalue weighted by atomic mass is 16.3. The van der Waals surface area contributed by atoms with Gasteiger partial charge in [0.25, 0.3) is 0 Å². The van der Waals surface area contributed by atoms with Gasteiger partial charge in [-0.2, -0.15) is 0 Å². The Hall–Kier alpha value is -1.51. The molecule has 0 bridgehead atoms. The lowest BCUT2D eigenvalue weighted by Gasteiger charge is -2.22. The van der Waals surface area contributed by atoms with Crippen molar-refractivity contribution in [2.75, 3.05) is 11.4 Å². The van der Waals surface area contributed by atoms with Crippen LogP contribution < -0.4 is 4.90 Å². The number of carbonyl (C=O) groups is 1. The zero-order valence-electron chi connectivity index (χ0n) is 12.4. The van der Waals surface area contributed by atoms with E-state index in [4.69, 9.17) is 0 Å². The van der Waals surface area contributed by atoms with Crippen molar-refractivity contribution in [3.63, 3.8) is 0 Å². The zero-order valence-corrected chi connectivity index (χ0v) is 12.4. The fourth-order valence-electron chi connectivity index (χ4n) is 3.10. The summed E-state index contributed by atoms with van der Waals surface area (Å²) in [5.41, 5.74) is 0.842. The zero-order chi connectivity index (χ0) is 14.4. The Morgan fingerprint density at radius 1 is 1.26 bits per heavy atom. The van der Waals surface area contributed by atoms with Crippen LogP contribution in [0.5, 0.6) is 5.75 Å². The first kappa shape index (κ1) is 13.9. The van der Waals surface area contributed by atoms with Crippen LogP contribution in [0.1, 0.15) is 34.6 Å². The molecule has 1 aliphatic rings. The van der Waals surface area contributed by atoms with Crippen LogP contribution in [-0.2, 0) is 4.79 Å². The molecule has 0 spiro atoms. The van der Waals surface area contributed by atoms with Gasteiger partial charge in [-0.15, -0.1) is 0 Å². The maximum absolute atomic E-state index is 12.7. The largest absolute Gasteiger partial charge is 0.508 e. The molecule has 0 aliphatic heterocycles. The van der Waals surface area contributed by atoms with Crippen molar-refractivity contribution in [3.05, 3.63) is 24.3 Å². The summed E-state index contributed by atoms with van der Waals surface area (Å²) in [7, 11) is 0. The molecule has 0 aromatic heterocycles. The predicted molar refractivity (Wildman–Crippen MR) is 77.2 cm³/mol. The van der Waals surface area contributed by atoms with Crippen LogP contribution in [0, 0.1) is 16.7 Å². The first-order valence-electron chi connectivity index (χ1n) is 6.84. The molecule has 1 fully saturated rings. The first-order chi connectivity index (χ1) is 8.73. The van der Waals surface area contributed by atoms with Crippen molar-refractivity contribution < 1.29 is 9.90 Å². The number of anilines is 1. The third kappa shape index (κ3) is 2.01. The average Bonchev–Trinajstić information content (AvgIpc) is 2.70. The van der Waals surface area contributed by atoms with Gasteiger partial charge in [-0.05, 0) is 29.9 Å². The topological polar surface area (TPSA) is 40.5 Å². The molecule has 19 heavy (non-hydrogen) atoms. The SMILES string of the molecule is CCN(C(=O)C1C(C)(C)C1(C)C)c1cccc(O)c1. The van der Waals surface area contributed by atoms with Crippen LogP contribution in [0.25, 0.3) is 0 Å². The number of hydrogen-bond acceptors (Lipinski definition) is 2. The van der Waals surface area contributed by atoms with E-state index >= 15 is 0 Å². The van der Waals surface area contributed by atoms with Crippen LogP contribution >= 0.6 is 0 Å². The van der Waals surface area contributed by atoms with Crippen LogP contribution in [0.2, 0.25) is 0 Å². The van der Waals surface area contributed by atoms with E-state index in [1.165, 1.54) is 0 Å². The predicted octanol–water partition coefficient (Wildman–Crippen LogP) is 3.43. The molecule has 2 rings (SSSR count). The van der Waals surface area contributed by atoms with Gasteiger partial charge < -0.3 is 10.0 Å². The number of aromatic hydroxyl groups is 1. The number of phenols is 1. The number of phenolic OH excluding ortho intramolecular Hbond substituents is 1. The maximum atomic E-state index is 12.7. The Bertz CT molecular complexity index is 491. The van der Waals surface area contributed by atoms with Crippen LogP contribution in [0.15, 0.2) is 24.3 Å². The molecule has 0 atom stereocenters. The summed E-state index contributed by atoms with van der Waals surface area (Å²) in [5, 5.41) is 9.56. The van der Waals surface area contributed by atoms with E-state index in [0.717, 1.165) is 5.69 Å². The highest BCUT2D eigenvalue weighted by molar-refractivity contribution is 5.98. The van der Waals surface area contributed by atoms with Crippen LogP contribution in [-0.4, -0.2) is 17.6 Å². The third-order valence-corrected chi connectivity index (χ3v) is 4.99. The Labute approximate surface area is 115 Å². The normalized spacial score (nSPS) is 20.1. The Morgan fingerprint density at radius 2 is 1.84 bits per heavy atom. The van der Waals surface area contributed by atoms with Gasteiger partial charge in [0.1, 0.15) is 5.75 Å². The molecule has 3 nitrogen and oxygen atoms in total. The van der Waals surface area contributed by atoms with Crippen LogP contribution in [0.4, 0.5) is 5.69 Å². The van der Waals surface area contributed by atoms with E-state index in [2.05, 4.69) is 27.7 Å². The molecule has 0 radical (unpaired) electrons. The molecule has 1 aliphatic carbocycles. The van der Waals surface area contributed by atoms with Crippen molar-refractivity contribution >= 4 is 11.6 Å². The highest BCUT2D eigenvalue weighted by Crippen LogP contribution is 2.68. The minimum Gasteiger partial charge on any atom is -0.508 e. The van der Waals surface area contributed by atoms with E-state index in [-0.39, 0.29) is 28.4 Å². The van der Waals surface area contributed by atoms with E-state index in [1.54, 1.807) is 23.1 Å². The minimum absolute atomic E-state index is 0.0360. The summed E-state index contributed by atoms with van der Waals surface area (Å²) in [6, 6.07) is 6.89. The van der Waals surface area contributed by atoms with Crippen molar-refractivity contribution in [1.29, 1.82) is 0 Å². The monoisotopic (exact) mass is 261 g/mol. The lowest BCUT2D eigenvalue weighted by Crippen LogP contribution is -2.33. The Kier molecular flexibility index (Phi) is 3.12. The summed E-state index contributed by atoms with van der Waals surface area (Å²) < 4.78 is 0. The molecule has 1 amide bonds. The smallest absolute Gasteiger partial charge is 0.231 e. The van der Waals surface area contributed by atoms with E-state index < -0.39 is 0 Å². The second-order valence-electron chi connectivity index (χ2n) is 6.48. The number of benzene rings is 1. The average molecular weight is 261 g/mol. The summed E-state index contributed by atoms with van der Waals surface area (Å²) in [5.74, 6) is 0.392. The van der Waals surface area contributed by atoms with Gasteiger partial charge in [0.05, 0.1) is 0 Å². The van der Waals surface area contributed by atoms with E-state index in [0.29, 0.717) is 6.54 Å². The molecule has 1 N–H and O–H groups in total. The summed E-state index contributed by atoms with van der Waals surface area (Å²) in [6.45, 7) is 11.2. The van der Waals surface area contributed by atoms with Gasteiger partial charge >= 0.3 is 0 Å². The second kappa shape index (κ2) is 4.26. The number of rotatable bonds is 3. The lowest BCUT2D eigenvalue weighted by molar-refractivity contribution is -0.120. The van der Waals surface area contributed by atoms with E-state index in [9.17, 15) is 9.90 Å². The van der Waals surface area contributed by atoms with Gasteiger partial charge in [0.2, 0.25) is 5.91 Å². The number of amides is 1. The molecule has 104 valence electrons. The van der Waals surface area contributed by atoms with Gasteiger partial charge in [-0.25, -0.2) is 0 Å². The van der Waals surface area contributed by atoms with Crippen LogP contribution in [0.3, 0.4) is 0 Å². The van der Waals surface area contributed by atoms with Crippen molar-refractivity contribution in [2.45, 2.75) is 34.6 Å². The molecule has 0 unspecified atom stereocenters. The summed E-state index contributed by atoms with van der Waals surface area (Å²) in [4.78, 5) is 14.5. The van der Waals surface area contributed by atoms with Gasteiger partial charge in [-0.3, -0.25) is 4.79 Å². The summed E-state index contributed by atoms with van der Waals surface area (Å²) >= 11 is 0. The fourth-order valence-corrected chi connectivity index (χ4v) is 3.10. The van der Waals surface area contributed by atoms with Crippen molar-refractivity contribution in [3.8, 4) is 5.75 Å². The van der Waals surface area contributed by atoms with Gasteiger partial charge in [0.15, 0.2) is 0 Å². The fraction of sp³-hybridized carbons (Fsp3) is 0.562. The molecular weight excluding hydrogens is 238 g/mol. The van der Waals surface area contributed by atoms with Gasteiger partial charge in [0, 0.05) is 24.2 Å². The number of hydrogen-bond donors (Lipinski definition) is 1. The quantitative estimate of drug-likeness (QED) is 0.905. The molecular formula is C16H23NO2. The minimum atomic E-state index is 0.0360. The molecule has 0 saturated heterocycles. The highest BCUT2D eigenvalue weighted by Gasteiger charge is 2.68. The van der Waals surface area contributed by atoms with Gasteiger partial charge in [-0.1, -0.05) is 33.8 Å². The molecule has 3 heteroatoms. The standard InChI is InChI=1S/C16H23NO2/c1-6-17(11-8-7-9-12(18)10-11)14(19)13-15(2,3)16(13,4)5/h7-10,13,18H,6H2,1-5H3. The number of nitrogens with zero attached hydrogens (tertiary/aromatic N) is 1. The van der Waals surface area contributed by atoms with E-state index in [1.807, 2.05) is 13.0 Å². The lowest BCUT2D eigenvalue weighted by atomic mass is 10.0. The third-order valence-electron chi connectivity index (χ3n) is 4.99. The molecule has 1 aromatic rings. The molecule has 1 saturated carbocycles. The van der Waals surface area contributed by atoms with Crippen molar-refractivity contribution in [1.82, 2.24) is 0 Å². The second-order valence-corrected chi connectivity index (χ2v) is 6.48.